The number of rotatable bonds is 4. The summed E-state index contributed by atoms with van der Waals surface area (Å²) >= 11 is 1.30. The number of carbonyl (C=O) groups is 1. The Hall–Kier alpha value is -1.34. The molecular formula is C11H16N4O2S. The van der Waals surface area contributed by atoms with Gasteiger partial charge in [0.2, 0.25) is 5.91 Å². The molecule has 18 heavy (non-hydrogen) atoms. The van der Waals surface area contributed by atoms with Crippen LogP contribution in [0.15, 0.2) is 17.4 Å². The standard InChI is InChI=1S/C11H16N4O2S/c12-10-11(14-4-3-13-10)18-7-9(16)15-8-1-5-17-6-2-8/h3-4,8H,1-2,5-7H2,(H2,12,13)(H,15,16). The second-order valence-corrected chi connectivity index (χ2v) is 4.95. The lowest BCUT2D eigenvalue weighted by Gasteiger charge is -2.22. The van der Waals surface area contributed by atoms with Crippen LogP contribution < -0.4 is 11.1 Å². The number of nitrogen functional groups attached to an aromatic ring is 1. The van der Waals surface area contributed by atoms with Gasteiger partial charge in [-0.25, -0.2) is 9.97 Å². The van der Waals surface area contributed by atoms with Gasteiger partial charge in [-0.05, 0) is 12.8 Å². The zero-order valence-corrected chi connectivity index (χ0v) is 10.8. The molecule has 0 unspecified atom stereocenters. The van der Waals surface area contributed by atoms with E-state index in [1.54, 1.807) is 6.20 Å². The number of hydrogen-bond acceptors (Lipinski definition) is 6. The van der Waals surface area contributed by atoms with Gasteiger partial charge in [-0.1, -0.05) is 11.8 Å². The summed E-state index contributed by atoms with van der Waals surface area (Å²) < 4.78 is 5.23. The number of nitrogens with one attached hydrogen (secondary N) is 1. The van der Waals surface area contributed by atoms with Crippen LogP contribution in [0, 0.1) is 0 Å². The zero-order chi connectivity index (χ0) is 12.8. The molecule has 0 aromatic carbocycles. The molecule has 7 heteroatoms. The van der Waals surface area contributed by atoms with E-state index in [1.807, 2.05) is 0 Å². The highest BCUT2D eigenvalue weighted by molar-refractivity contribution is 8.00. The van der Waals surface area contributed by atoms with E-state index in [1.165, 1.54) is 18.0 Å². The van der Waals surface area contributed by atoms with Crippen LogP contribution in [0.4, 0.5) is 5.82 Å². The first-order valence-corrected chi connectivity index (χ1v) is 6.80. The SMILES string of the molecule is Nc1nccnc1SCC(=O)NC1CCOCC1. The third-order valence-corrected chi connectivity index (χ3v) is 3.61. The third kappa shape index (κ3) is 3.85. The average molecular weight is 268 g/mol. The van der Waals surface area contributed by atoms with Crippen molar-refractivity contribution >= 4 is 23.5 Å². The molecule has 0 spiro atoms. The predicted molar refractivity (Wildman–Crippen MR) is 69.2 cm³/mol. The van der Waals surface area contributed by atoms with Crippen molar-refractivity contribution in [3.05, 3.63) is 12.4 Å². The van der Waals surface area contributed by atoms with E-state index >= 15 is 0 Å². The van der Waals surface area contributed by atoms with Gasteiger partial charge in [-0.15, -0.1) is 0 Å². The largest absolute Gasteiger partial charge is 0.381 e. The van der Waals surface area contributed by atoms with Gasteiger partial charge in [0.05, 0.1) is 5.75 Å². The highest BCUT2D eigenvalue weighted by Gasteiger charge is 2.16. The van der Waals surface area contributed by atoms with Crippen LogP contribution in [-0.2, 0) is 9.53 Å². The second kappa shape index (κ2) is 6.55. The fourth-order valence-corrected chi connectivity index (χ4v) is 2.38. The number of nitrogens with two attached hydrogens (primary N) is 1. The third-order valence-electron chi connectivity index (χ3n) is 2.62. The Bertz CT molecular complexity index is 410. The monoisotopic (exact) mass is 268 g/mol. The molecule has 3 N–H and O–H groups in total. The Balaban J connectivity index is 1.76. The van der Waals surface area contributed by atoms with Gasteiger partial charge >= 0.3 is 0 Å². The predicted octanol–water partition coefficient (Wildman–Crippen LogP) is 0.446. The molecule has 2 rings (SSSR count). The maximum atomic E-state index is 11.7. The van der Waals surface area contributed by atoms with Gasteiger partial charge in [0.1, 0.15) is 5.03 Å². The highest BCUT2D eigenvalue weighted by atomic mass is 32.2. The van der Waals surface area contributed by atoms with Crippen LogP contribution in [0.25, 0.3) is 0 Å². The van der Waals surface area contributed by atoms with Crippen molar-refractivity contribution in [1.82, 2.24) is 15.3 Å². The number of anilines is 1. The molecule has 98 valence electrons. The highest BCUT2D eigenvalue weighted by Crippen LogP contribution is 2.19. The number of thioether (sulfide) groups is 1. The number of amides is 1. The quantitative estimate of drug-likeness (QED) is 0.770. The van der Waals surface area contributed by atoms with E-state index in [4.69, 9.17) is 10.5 Å². The van der Waals surface area contributed by atoms with Gasteiger partial charge in [0.25, 0.3) is 0 Å². The van der Waals surface area contributed by atoms with Crippen LogP contribution in [0.5, 0.6) is 0 Å². The van der Waals surface area contributed by atoms with E-state index < -0.39 is 0 Å². The van der Waals surface area contributed by atoms with Crippen molar-refractivity contribution in [3.63, 3.8) is 0 Å². The van der Waals surface area contributed by atoms with Crippen molar-refractivity contribution in [2.75, 3.05) is 24.7 Å². The van der Waals surface area contributed by atoms with Crippen LogP contribution >= 0.6 is 11.8 Å². The number of nitrogens with zero attached hydrogens (tertiary/aromatic N) is 2. The number of ether oxygens (including phenoxy) is 1. The first-order chi connectivity index (χ1) is 8.75. The maximum Gasteiger partial charge on any atom is 0.230 e. The summed E-state index contributed by atoms with van der Waals surface area (Å²) in [6.45, 7) is 1.43. The molecule has 1 aliphatic rings. The lowest BCUT2D eigenvalue weighted by Crippen LogP contribution is -2.39. The Morgan fingerprint density at radius 1 is 1.44 bits per heavy atom. The normalized spacial score (nSPS) is 16.4. The number of hydrogen-bond donors (Lipinski definition) is 2. The molecule has 1 saturated heterocycles. The van der Waals surface area contributed by atoms with Crippen molar-refractivity contribution in [1.29, 1.82) is 0 Å². The molecule has 0 radical (unpaired) electrons. The maximum absolute atomic E-state index is 11.7. The minimum atomic E-state index is -0.00282. The first-order valence-electron chi connectivity index (χ1n) is 5.82. The first kappa shape index (κ1) is 13.1. The Morgan fingerprint density at radius 2 is 2.17 bits per heavy atom. The van der Waals surface area contributed by atoms with Crippen molar-refractivity contribution in [2.24, 2.45) is 0 Å². The van der Waals surface area contributed by atoms with Gasteiger partial charge in [0.15, 0.2) is 5.82 Å². The van der Waals surface area contributed by atoms with Gasteiger partial charge in [-0.2, -0.15) is 0 Å². The molecule has 0 bridgehead atoms. The summed E-state index contributed by atoms with van der Waals surface area (Å²) in [6.07, 6.45) is 4.85. The van der Waals surface area contributed by atoms with Crippen molar-refractivity contribution < 1.29 is 9.53 Å². The number of carbonyl (C=O) groups excluding carboxylic acids is 1. The van der Waals surface area contributed by atoms with Gasteiger partial charge in [-0.3, -0.25) is 4.79 Å². The van der Waals surface area contributed by atoms with Gasteiger partial charge in [0, 0.05) is 31.6 Å². The summed E-state index contributed by atoms with van der Waals surface area (Å²) in [6, 6.07) is 0.228. The smallest absolute Gasteiger partial charge is 0.230 e. The van der Waals surface area contributed by atoms with E-state index in [-0.39, 0.29) is 11.9 Å². The molecular weight excluding hydrogens is 252 g/mol. The number of aromatic nitrogens is 2. The lowest BCUT2D eigenvalue weighted by molar-refractivity contribution is -0.119. The molecule has 1 aliphatic heterocycles. The molecule has 0 saturated carbocycles. The molecule has 6 nitrogen and oxygen atoms in total. The van der Waals surface area contributed by atoms with Crippen molar-refractivity contribution in [3.8, 4) is 0 Å². The Morgan fingerprint density at radius 3 is 2.89 bits per heavy atom. The van der Waals surface area contributed by atoms with Crippen LogP contribution in [0.3, 0.4) is 0 Å². The Labute approximate surface area is 110 Å². The molecule has 0 aliphatic carbocycles. The fourth-order valence-electron chi connectivity index (χ4n) is 1.69. The molecule has 0 atom stereocenters. The van der Waals surface area contributed by atoms with Crippen molar-refractivity contribution in [2.45, 2.75) is 23.9 Å². The summed E-state index contributed by atoms with van der Waals surface area (Å²) in [5, 5.41) is 3.58. The molecule has 1 fully saturated rings. The molecule has 2 heterocycles. The van der Waals surface area contributed by atoms with Crippen LogP contribution in [0.2, 0.25) is 0 Å². The van der Waals surface area contributed by atoms with Gasteiger partial charge < -0.3 is 15.8 Å². The Kier molecular flexibility index (Phi) is 4.77. The van der Waals surface area contributed by atoms with E-state index in [0.717, 1.165) is 26.1 Å². The minimum absolute atomic E-state index is 0.00282. The zero-order valence-electron chi connectivity index (χ0n) is 9.96. The summed E-state index contributed by atoms with van der Waals surface area (Å²) in [7, 11) is 0. The summed E-state index contributed by atoms with van der Waals surface area (Å²) in [5.74, 6) is 0.665. The topological polar surface area (TPSA) is 90.1 Å². The molecule has 1 aromatic rings. The van der Waals surface area contributed by atoms with E-state index in [0.29, 0.717) is 16.6 Å². The summed E-state index contributed by atoms with van der Waals surface area (Å²) in [5.41, 5.74) is 5.65. The van der Waals surface area contributed by atoms with E-state index in [9.17, 15) is 4.79 Å². The van der Waals surface area contributed by atoms with Crippen LogP contribution in [0.1, 0.15) is 12.8 Å². The second-order valence-electron chi connectivity index (χ2n) is 3.99. The fraction of sp³-hybridized carbons (Fsp3) is 0.545. The molecule has 1 amide bonds. The summed E-state index contributed by atoms with van der Waals surface area (Å²) in [4.78, 5) is 19.7. The minimum Gasteiger partial charge on any atom is -0.381 e. The van der Waals surface area contributed by atoms with Crippen LogP contribution in [-0.4, -0.2) is 40.9 Å². The average Bonchev–Trinajstić information content (AvgIpc) is 2.39. The molecule has 1 aromatic heterocycles. The lowest BCUT2D eigenvalue weighted by atomic mass is 10.1. The van der Waals surface area contributed by atoms with E-state index in [2.05, 4.69) is 15.3 Å².